The quantitative estimate of drug-likeness (QED) is 0.551. The smallest absolute Gasteiger partial charge is 0.146 e. The second kappa shape index (κ2) is 10.1. The molecule has 4 rings (SSSR count). The van der Waals surface area contributed by atoms with E-state index in [1.165, 1.54) is 11.3 Å². The fourth-order valence-corrected chi connectivity index (χ4v) is 4.64. The van der Waals surface area contributed by atoms with Crippen molar-refractivity contribution in [2.45, 2.75) is 32.6 Å². The summed E-state index contributed by atoms with van der Waals surface area (Å²) < 4.78 is 14.0. The molecule has 164 valence electrons. The van der Waals surface area contributed by atoms with E-state index in [0.717, 1.165) is 56.9 Å². The van der Waals surface area contributed by atoms with Crippen molar-refractivity contribution in [2.24, 2.45) is 5.92 Å². The molecule has 5 heteroatoms. The summed E-state index contributed by atoms with van der Waals surface area (Å²) in [6.07, 6.45) is 2.10. The summed E-state index contributed by atoms with van der Waals surface area (Å²) >= 11 is 0. The van der Waals surface area contributed by atoms with Crippen molar-refractivity contribution in [2.75, 3.05) is 37.6 Å². The van der Waals surface area contributed by atoms with Gasteiger partial charge in [-0.15, -0.1) is 0 Å². The topological polar surface area (TPSA) is 35.2 Å². The molecule has 4 nitrogen and oxygen atoms in total. The van der Waals surface area contributed by atoms with E-state index in [4.69, 9.17) is 0 Å². The molecule has 3 aromatic rings. The maximum Gasteiger partial charge on any atom is 0.146 e. The zero-order chi connectivity index (χ0) is 21.6. The van der Waals surface area contributed by atoms with Crippen molar-refractivity contribution in [3.05, 3.63) is 83.4 Å². The fraction of sp³-hybridized carbons (Fsp3) is 0.423. The molecule has 1 N–H and O–H groups in total. The lowest BCUT2D eigenvalue weighted by molar-refractivity contribution is 0.254. The average molecular weight is 421 g/mol. The number of aryl methyl sites for hydroxylation is 1. The van der Waals surface area contributed by atoms with Gasteiger partial charge in [-0.05, 0) is 49.1 Å². The van der Waals surface area contributed by atoms with Gasteiger partial charge in [-0.2, -0.15) is 5.10 Å². The molecule has 0 spiro atoms. The summed E-state index contributed by atoms with van der Waals surface area (Å²) in [6, 6.07) is 20.0. The Kier molecular flexibility index (Phi) is 7.03. The van der Waals surface area contributed by atoms with Gasteiger partial charge in [0.1, 0.15) is 5.82 Å². The van der Waals surface area contributed by atoms with Crippen molar-refractivity contribution in [1.82, 2.24) is 15.1 Å². The summed E-state index contributed by atoms with van der Waals surface area (Å²) in [6.45, 7) is 9.29. The number of hydrogen-bond acceptors (Lipinski definition) is 3. The zero-order valence-corrected chi connectivity index (χ0v) is 18.6. The predicted octanol–water partition coefficient (Wildman–Crippen LogP) is 5.09. The number of hydrogen-bond donors (Lipinski definition) is 1. The molecule has 31 heavy (non-hydrogen) atoms. The minimum absolute atomic E-state index is 0.124. The van der Waals surface area contributed by atoms with E-state index in [9.17, 15) is 4.39 Å². The zero-order valence-electron chi connectivity index (χ0n) is 18.6. The number of anilines is 1. The predicted molar refractivity (Wildman–Crippen MR) is 125 cm³/mol. The number of para-hydroxylation sites is 1. The monoisotopic (exact) mass is 420 g/mol. The minimum Gasteiger partial charge on any atom is -0.367 e. The molecule has 2 heterocycles. The maximum atomic E-state index is 14.0. The van der Waals surface area contributed by atoms with Crippen LogP contribution in [0.2, 0.25) is 0 Å². The molecule has 2 aromatic carbocycles. The first-order valence-electron chi connectivity index (χ1n) is 11.4. The molecule has 0 amide bonds. The van der Waals surface area contributed by atoms with Crippen LogP contribution in [0.25, 0.3) is 0 Å². The highest BCUT2D eigenvalue weighted by molar-refractivity contribution is 5.48. The molecule has 0 bridgehead atoms. The van der Waals surface area contributed by atoms with Crippen LogP contribution in [-0.2, 0) is 6.42 Å². The van der Waals surface area contributed by atoms with Crippen molar-refractivity contribution in [3.63, 3.8) is 0 Å². The number of benzene rings is 2. The highest BCUT2D eigenvalue weighted by Gasteiger charge is 2.21. The van der Waals surface area contributed by atoms with E-state index in [2.05, 4.69) is 70.2 Å². The van der Waals surface area contributed by atoms with Gasteiger partial charge >= 0.3 is 0 Å². The molecule has 1 aliphatic rings. The van der Waals surface area contributed by atoms with Crippen molar-refractivity contribution < 1.29 is 4.39 Å². The second-order valence-corrected chi connectivity index (χ2v) is 8.83. The Hall–Kier alpha value is -2.66. The van der Waals surface area contributed by atoms with Gasteiger partial charge in [0.15, 0.2) is 0 Å². The molecule has 1 unspecified atom stereocenters. The van der Waals surface area contributed by atoms with Crippen LogP contribution in [-0.4, -0.2) is 47.8 Å². The average Bonchev–Trinajstić information content (AvgIpc) is 3.23. The third-order valence-electron chi connectivity index (χ3n) is 6.28. The van der Waals surface area contributed by atoms with Gasteiger partial charge in [-0.3, -0.25) is 10.00 Å². The summed E-state index contributed by atoms with van der Waals surface area (Å²) in [5.74, 6) is 0.683. The van der Waals surface area contributed by atoms with Crippen LogP contribution in [0.1, 0.15) is 43.1 Å². The van der Waals surface area contributed by atoms with Crippen LogP contribution in [0.15, 0.2) is 60.7 Å². The summed E-state index contributed by atoms with van der Waals surface area (Å²) in [5.41, 5.74) is 4.39. The lowest BCUT2D eigenvalue weighted by atomic mass is 9.85. The maximum absolute atomic E-state index is 14.0. The first-order valence-corrected chi connectivity index (χ1v) is 11.4. The highest BCUT2D eigenvalue weighted by Crippen LogP contribution is 2.31. The normalized spacial score (nSPS) is 16.1. The van der Waals surface area contributed by atoms with E-state index in [1.807, 2.05) is 12.1 Å². The SMILES string of the molecule is CC(C)C(c1ccccc1)c1cc(CCCN2CCN(c3ccccc3F)CC2)[nH]n1. The van der Waals surface area contributed by atoms with Gasteiger partial charge < -0.3 is 4.90 Å². The Bertz CT molecular complexity index is 945. The Morgan fingerprint density at radius 3 is 2.39 bits per heavy atom. The van der Waals surface area contributed by atoms with E-state index in [1.54, 1.807) is 12.1 Å². The van der Waals surface area contributed by atoms with Crippen molar-refractivity contribution >= 4 is 5.69 Å². The molecule has 1 atom stereocenters. The Labute approximate surface area is 185 Å². The van der Waals surface area contributed by atoms with Crippen molar-refractivity contribution in [3.8, 4) is 0 Å². The Balaban J connectivity index is 1.27. The van der Waals surface area contributed by atoms with Crippen LogP contribution in [0.3, 0.4) is 0 Å². The Morgan fingerprint density at radius 1 is 0.968 bits per heavy atom. The number of nitrogens with zero attached hydrogens (tertiary/aromatic N) is 3. The number of aromatic amines is 1. The number of aromatic nitrogens is 2. The van der Waals surface area contributed by atoms with E-state index in [0.29, 0.717) is 11.8 Å². The van der Waals surface area contributed by atoms with Crippen LogP contribution >= 0.6 is 0 Å². The van der Waals surface area contributed by atoms with Gasteiger partial charge in [0.2, 0.25) is 0 Å². The number of rotatable bonds is 8. The largest absolute Gasteiger partial charge is 0.367 e. The fourth-order valence-electron chi connectivity index (χ4n) is 4.64. The van der Waals surface area contributed by atoms with Crippen LogP contribution in [0, 0.1) is 11.7 Å². The minimum atomic E-state index is -0.124. The standard InChI is InChI=1S/C26H33FN4/c1-20(2)26(21-9-4-3-5-10-21)24-19-22(28-29-24)11-8-14-30-15-17-31(18-16-30)25-13-7-6-12-23(25)27/h3-7,9-10,12-13,19-20,26H,8,11,14-18H2,1-2H3,(H,28,29). The first-order chi connectivity index (χ1) is 15.1. The molecular formula is C26H33FN4. The van der Waals surface area contributed by atoms with Crippen LogP contribution in [0.4, 0.5) is 10.1 Å². The number of nitrogens with one attached hydrogen (secondary N) is 1. The molecule has 1 aromatic heterocycles. The Morgan fingerprint density at radius 2 is 1.68 bits per heavy atom. The lowest BCUT2D eigenvalue weighted by Gasteiger charge is -2.36. The van der Waals surface area contributed by atoms with Gasteiger partial charge in [0.05, 0.1) is 11.4 Å². The lowest BCUT2D eigenvalue weighted by Crippen LogP contribution is -2.47. The number of halogens is 1. The van der Waals surface area contributed by atoms with E-state index < -0.39 is 0 Å². The molecule has 1 aliphatic heterocycles. The third-order valence-corrected chi connectivity index (χ3v) is 6.28. The first kappa shape index (κ1) is 21.6. The van der Waals surface area contributed by atoms with E-state index >= 15 is 0 Å². The summed E-state index contributed by atoms with van der Waals surface area (Å²) in [7, 11) is 0. The molecular weight excluding hydrogens is 387 g/mol. The van der Waals surface area contributed by atoms with E-state index in [-0.39, 0.29) is 5.82 Å². The molecule has 1 saturated heterocycles. The summed E-state index contributed by atoms with van der Waals surface area (Å²) in [4.78, 5) is 4.64. The molecule has 1 fully saturated rings. The van der Waals surface area contributed by atoms with Gasteiger partial charge in [-0.25, -0.2) is 4.39 Å². The highest BCUT2D eigenvalue weighted by atomic mass is 19.1. The molecule has 0 aliphatic carbocycles. The van der Waals surface area contributed by atoms with Crippen LogP contribution in [0.5, 0.6) is 0 Å². The van der Waals surface area contributed by atoms with Gasteiger partial charge in [0.25, 0.3) is 0 Å². The number of H-pyrrole nitrogens is 1. The van der Waals surface area contributed by atoms with Gasteiger partial charge in [-0.1, -0.05) is 56.3 Å². The molecule has 0 radical (unpaired) electrons. The second-order valence-electron chi connectivity index (χ2n) is 8.83. The van der Waals surface area contributed by atoms with Crippen molar-refractivity contribution in [1.29, 1.82) is 0 Å². The summed E-state index contributed by atoms with van der Waals surface area (Å²) in [5, 5.41) is 7.92. The number of piperazine rings is 1. The third kappa shape index (κ3) is 5.34. The van der Waals surface area contributed by atoms with Gasteiger partial charge in [0, 0.05) is 37.8 Å². The van der Waals surface area contributed by atoms with Crippen LogP contribution < -0.4 is 4.90 Å². The molecule has 0 saturated carbocycles.